The van der Waals surface area contributed by atoms with Crippen molar-refractivity contribution in [1.82, 2.24) is 5.32 Å². The number of carbonyl (C=O) groups excluding carboxylic acids is 1. The summed E-state index contributed by atoms with van der Waals surface area (Å²) in [5.41, 5.74) is 4.94. The Morgan fingerprint density at radius 2 is 2.05 bits per heavy atom. The van der Waals surface area contributed by atoms with Crippen LogP contribution in [0.15, 0.2) is 18.2 Å². The van der Waals surface area contributed by atoms with Gasteiger partial charge < -0.3 is 11.1 Å². The second-order valence-corrected chi connectivity index (χ2v) is 4.13. The van der Waals surface area contributed by atoms with Crippen LogP contribution in [0.1, 0.15) is 23.6 Å². The minimum atomic E-state index is -4.47. The normalized spacial score (nSPS) is 12.5. The van der Waals surface area contributed by atoms with Crippen LogP contribution >= 0.6 is 24.0 Å². The van der Waals surface area contributed by atoms with Crippen LogP contribution in [0.25, 0.3) is 0 Å². The molecular weight excluding hydrogens is 304 g/mol. The Kier molecular flexibility index (Phi) is 6.62. The van der Waals surface area contributed by atoms with Crippen molar-refractivity contribution < 1.29 is 18.0 Å². The van der Waals surface area contributed by atoms with Gasteiger partial charge in [-0.2, -0.15) is 13.2 Å². The van der Waals surface area contributed by atoms with Crippen molar-refractivity contribution in [3.05, 3.63) is 34.3 Å². The van der Waals surface area contributed by atoms with Crippen LogP contribution in [0.5, 0.6) is 0 Å². The largest absolute Gasteiger partial charge is 0.416 e. The minimum Gasteiger partial charge on any atom is -0.359 e. The molecule has 0 aliphatic heterocycles. The highest BCUT2D eigenvalue weighted by Crippen LogP contribution is 2.33. The molecular formula is C11H13Cl2F3N2O. The molecule has 3 N–H and O–H groups in total. The van der Waals surface area contributed by atoms with Gasteiger partial charge in [0.25, 0.3) is 0 Å². The van der Waals surface area contributed by atoms with E-state index < -0.39 is 17.8 Å². The Morgan fingerprint density at radius 3 is 2.53 bits per heavy atom. The molecule has 19 heavy (non-hydrogen) atoms. The number of carbonyl (C=O) groups is 1. The van der Waals surface area contributed by atoms with Gasteiger partial charge in [-0.15, -0.1) is 12.4 Å². The molecule has 108 valence electrons. The summed E-state index contributed by atoms with van der Waals surface area (Å²) in [4.78, 5) is 11.1. The lowest BCUT2D eigenvalue weighted by Gasteiger charge is -2.15. The molecule has 0 fully saturated rings. The maximum absolute atomic E-state index is 12.5. The predicted molar refractivity (Wildman–Crippen MR) is 69.3 cm³/mol. The molecule has 1 rings (SSSR count). The van der Waals surface area contributed by atoms with Gasteiger partial charge in [-0.3, -0.25) is 4.79 Å². The Labute approximate surface area is 119 Å². The predicted octanol–water partition coefficient (Wildman–Crippen LogP) is 2.92. The van der Waals surface area contributed by atoms with Crippen molar-refractivity contribution in [2.45, 2.75) is 18.6 Å². The van der Waals surface area contributed by atoms with Crippen molar-refractivity contribution in [3.63, 3.8) is 0 Å². The van der Waals surface area contributed by atoms with Gasteiger partial charge >= 0.3 is 6.18 Å². The van der Waals surface area contributed by atoms with Crippen LogP contribution in [0.2, 0.25) is 5.02 Å². The number of benzene rings is 1. The molecule has 0 aliphatic carbocycles. The smallest absolute Gasteiger partial charge is 0.359 e. The van der Waals surface area contributed by atoms with Crippen LogP contribution in [-0.2, 0) is 11.0 Å². The second-order valence-electron chi connectivity index (χ2n) is 3.72. The molecule has 0 unspecified atom stereocenters. The van der Waals surface area contributed by atoms with E-state index in [4.69, 9.17) is 17.3 Å². The number of amides is 1. The van der Waals surface area contributed by atoms with E-state index in [-0.39, 0.29) is 35.3 Å². The van der Waals surface area contributed by atoms with E-state index in [0.29, 0.717) is 0 Å². The molecule has 0 aromatic heterocycles. The molecule has 8 heteroatoms. The van der Waals surface area contributed by atoms with Crippen molar-refractivity contribution in [2.24, 2.45) is 5.73 Å². The Balaban J connectivity index is 0.00000324. The quantitative estimate of drug-likeness (QED) is 0.900. The van der Waals surface area contributed by atoms with Crippen molar-refractivity contribution >= 4 is 29.9 Å². The zero-order chi connectivity index (χ0) is 13.9. The lowest BCUT2D eigenvalue weighted by molar-refractivity contribution is -0.137. The summed E-state index contributed by atoms with van der Waals surface area (Å²) in [6.07, 6.45) is -4.59. The van der Waals surface area contributed by atoms with E-state index in [1.807, 2.05) is 0 Å². The minimum absolute atomic E-state index is 0. The van der Waals surface area contributed by atoms with E-state index in [1.54, 1.807) is 0 Å². The summed E-state index contributed by atoms with van der Waals surface area (Å²) >= 11 is 5.79. The zero-order valence-corrected chi connectivity index (χ0v) is 11.5. The van der Waals surface area contributed by atoms with Gasteiger partial charge in [0.15, 0.2) is 0 Å². The fourth-order valence-corrected chi connectivity index (χ4v) is 1.67. The summed E-state index contributed by atoms with van der Waals surface area (Å²) < 4.78 is 37.6. The topological polar surface area (TPSA) is 55.1 Å². The van der Waals surface area contributed by atoms with Gasteiger partial charge in [0.05, 0.1) is 5.56 Å². The van der Waals surface area contributed by atoms with E-state index >= 15 is 0 Å². The lowest BCUT2D eigenvalue weighted by atomic mass is 10.0. The standard InChI is InChI=1S/C11H12ClF3N2O.ClH/c1-17-10(18)5-9(16)7-4-6(11(13,14)15)2-3-8(7)12;/h2-4,9H,5,16H2,1H3,(H,17,18);1H/t9-;/m0./s1. The van der Waals surface area contributed by atoms with E-state index in [0.717, 1.165) is 18.2 Å². The zero-order valence-electron chi connectivity index (χ0n) is 9.92. The van der Waals surface area contributed by atoms with Gasteiger partial charge in [0.1, 0.15) is 0 Å². The molecule has 0 radical (unpaired) electrons. The third-order valence-electron chi connectivity index (χ3n) is 2.41. The van der Waals surface area contributed by atoms with Gasteiger partial charge in [-0.25, -0.2) is 0 Å². The maximum Gasteiger partial charge on any atom is 0.416 e. The lowest BCUT2D eigenvalue weighted by Crippen LogP contribution is -2.24. The van der Waals surface area contributed by atoms with Gasteiger partial charge in [-0.1, -0.05) is 11.6 Å². The van der Waals surface area contributed by atoms with E-state index in [1.165, 1.54) is 7.05 Å². The molecule has 1 atom stereocenters. The van der Waals surface area contributed by atoms with Crippen molar-refractivity contribution in [3.8, 4) is 0 Å². The molecule has 0 aliphatic rings. The number of hydrogen-bond acceptors (Lipinski definition) is 2. The molecule has 0 bridgehead atoms. The van der Waals surface area contributed by atoms with Gasteiger partial charge in [0, 0.05) is 24.5 Å². The number of halogens is 5. The first-order valence-corrected chi connectivity index (χ1v) is 5.46. The Bertz CT molecular complexity index is 452. The number of nitrogens with one attached hydrogen (secondary N) is 1. The number of nitrogens with two attached hydrogens (primary N) is 1. The first-order valence-electron chi connectivity index (χ1n) is 5.08. The molecule has 0 spiro atoms. The summed E-state index contributed by atoms with van der Waals surface area (Å²) in [6.45, 7) is 0. The molecule has 1 aromatic carbocycles. The maximum atomic E-state index is 12.5. The highest BCUT2D eigenvalue weighted by molar-refractivity contribution is 6.31. The fourth-order valence-electron chi connectivity index (χ4n) is 1.42. The highest BCUT2D eigenvalue weighted by Gasteiger charge is 2.31. The number of hydrogen-bond donors (Lipinski definition) is 2. The fraction of sp³-hybridized carbons (Fsp3) is 0.364. The van der Waals surface area contributed by atoms with Crippen LogP contribution in [0.4, 0.5) is 13.2 Å². The monoisotopic (exact) mass is 316 g/mol. The summed E-state index contributed by atoms with van der Waals surface area (Å²) in [6, 6.07) is 2.00. The summed E-state index contributed by atoms with van der Waals surface area (Å²) in [7, 11) is 1.42. The Morgan fingerprint density at radius 1 is 1.47 bits per heavy atom. The van der Waals surface area contributed by atoms with E-state index in [9.17, 15) is 18.0 Å². The molecule has 1 aromatic rings. The first-order chi connectivity index (χ1) is 8.25. The summed E-state index contributed by atoms with van der Waals surface area (Å²) in [5.74, 6) is -0.365. The first kappa shape index (κ1) is 18.0. The number of alkyl halides is 3. The van der Waals surface area contributed by atoms with Crippen LogP contribution < -0.4 is 11.1 Å². The van der Waals surface area contributed by atoms with E-state index in [2.05, 4.69) is 5.32 Å². The van der Waals surface area contributed by atoms with Crippen LogP contribution in [0.3, 0.4) is 0 Å². The third kappa shape index (κ3) is 4.89. The Hall–Kier alpha value is -0.980. The van der Waals surface area contributed by atoms with Crippen molar-refractivity contribution in [2.75, 3.05) is 7.05 Å². The molecule has 0 heterocycles. The SMILES string of the molecule is CNC(=O)C[C@H](N)c1cc(C(F)(F)F)ccc1Cl.Cl. The van der Waals surface area contributed by atoms with Gasteiger partial charge in [-0.05, 0) is 23.8 Å². The van der Waals surface area contributed by atoms with Crippen LogP contribution in [0, 0.1) is 0 Å². The second kappa shape index (κ2) is 6.98. The molecule has 1 amide bonds. The number of rotatable bonds is 3. The molecule has 0 saturated carbocycles. The third-order valence-corrected chi connectivity index (χ3v) is 2.75. The van der Waals surface area contributed by atoms with Crippen molar-refractivity contribution in [1.29, 1.82) is 0 Å². The average molecular weight is 317 g/mol. The molecule has 3 nitrogen and oxygen atoms in total. The van der Waals surface area contributed by atoms with Gasteiger partial charge in [0.2, 0.25) is 5.91 Å². The molecule has 0 saturated heterocycles. The van der Waals surface area contributed by atoms with Crippen LogP contribution in [-0.4, -0.2) is 13.0 Å². The highest BCUT2D eigenvalue weighted by atomic mass is 35.5. The average Bonchev–Trinajstić information content (AvgIpc) is 2.27. The summed E-state index contributed by atoms with van der Waals surface area (Å²) in [5, 5.41) is 2.46.